The number of rotatable bonds is 3. The zero-order valence-electron chi connectivity index (χ0n) is 14.1. The van der Waals surface area contributed by atoms with E-state index in [1.165, 1.54) is 23.3 Å². The van der Waals surface area contributed by atoms with E-state index in [-0.39, 0.29) is 38.5 Å². The summed E-state index contributed by atoms with van der Waals surface area (Å²) in [6.45, 7) is 10.6. The van der Waals surface area contributed by atoms with Crippen molar-refractivity contribution in [2.24, 2.45) is 0 Å². The number of hydrogen-bond donors (Lipinski definition) is 2. The number of aliphatic hydroxyl groups excluding tert-OH is 1. The molecule has 1 fully saturated rings. The van der Waals surface area contributed by atoms with Crippen molar-refractivity contribution in [3.8, 4) is 0 Å². The molecule has 5 heteroatoms. The molecule has 0 aromatic heterocycles. The van der Waals surface area contributed by atoms with E-state index in [1.807, 2.05) is 12.2 Å². The van der Waals surface area contributed by atoms with Gasteiger partial charge >= 0.3 is 0 Å². The van der Waals surface area contributed by atoms with Gasteiger partial charge in [-0.2, -0.15) is 0 Å². The molecule has 1 atom stereocenters. The third-order valence-corrected chi connectivity index (χ3v) is 3.61. The van der Waals surface area contributed by atoms with E-state index in [1.54, 1.807) is 18.2 Å². The SMILES string of the molecule is C=CC1=C(C=C)C[N-]CC1.Fc1ccccc1.OCC1CCN1.[Y]. The van der Waals surface area contributed by atoms with Crippen molar-refractivity contribution >= 4 is 0 Å². The van der Waals surface area contributed by atoms with E-state index in [4.69, 9.17) is 5.11 Å². The number of halogens is 1. The number of nitrogens with one attached hydrogen (secondary N) is 1. The average Bonchev–Trinajstić information content (AvgIpc) is 2.55. The van der Waals surface area contributed by atoms with Crippen LogP contribution in [-0.2, 0) is 32.7 Å². The molecule has 0 amide bonds. The Hall–Kier alpha value is -0.646. The van der Waals surface area contributed by atoms with Crippen LogP contribution in [0.25, 0.3) is 5.32 Å². The molecule has 1 radical (unpaired) electrons. The summed E-state index contributed by atoms with van der Waals surface area (Å²) in [6.07, 6.45) is 5.96. The van der Waals surface area contributed by atoms with Crippen LogP contribution in [0.4, 0.5) is 4.39 Å². The summed E-state index contributed by atoms with van der Waals surface area (Å²) in [4.78, 5) is 0. The van der Waals surface area contributed by atoms with E-state index in [0.717, 1.165) is 32.5 Å². The first-order chi connectivity index (χ1) is 11.2. The maximum Gasteiger partial charge on any atom is 0.123 e. The molecule has 3 nitrogen and oxygen atoms in total. The van der Waals surface area contributed by atoms with Gasteiger partial charge in [0, 0.05) is 38.8 Å². The number of nitrogens with zero attached hydrogens (tertiary/aromatic N) is 1. The summed E-state index contributed by atoms with van der Waals surface area (Å²) in [6, 6.07) is 8.36. The van der Waals surface area contributed by atoms with Crippen LogP contribution in [-0.4, -0.2) is 37.4 Å². The summed E-state index contributed by atoms with van der Waals surface area (Å²) in [5.41, 5.74) is 2.55. The number of allylic oxidation sites excluding steroid dienone is 1. The van der Waals surface area contributed by atoms with Crippen molar-refractivity contribution in [3.05, 3.63) is 77.9 Å². The van der Waals surface area contributed by atoms with Gasteiger partial charge in [0.15, 0.2) is 0 Å². The first kappa shape index (κ1) is 23.4. The van der Waals surface area contributed by atoms with E-state index in [0.29, 0.717) is 12.6 Å². The van der Waals surface area contributed by atoms with Crippen molar-refractivity contribution in [2.45, 2.75) is 18.9 Å². The van der Waals surface area contributed by atoms with Crippen LogP contribution in [0.3, 0.4) is 0 Å². The maximum absolute atomic E-state index is 11.9. The van der Waals surface area contributed by atoms with Crippen LogP contribution in [0.1, 0.15) is 12.8 Å². The average molecular weight is 406 g/mol. The second-order valence-electron chi connectivity index (χ2n) is 5.23. The van der Waals surface area contributed by atoms with E-state index in [2.05, 4.69) is 23.8 Å². The van der Waals surface area contributed by atoms with Crippen molar-refractivity contribution in [1.82, 2.24) is 5.32 Å². The molecule has 129 valence electrons. The minimum Gasteiger partial charge on any atom is -0.658 e. The van der Waals surface area contributed by atoms with Crippen molar-refractivity contribution in [1.29, 1.82) is 0 Å². The van der Waals surface area contributed by atoms with Crippen molar-refractivity contribution in [3.63, 3.8) is 0 Å². The van der Waals surface area contributed by atoms with Gasteiger partial charge in [0.1, 0.15) is 5.82 Å². The van der Waals surface area contributed by atoms with Crippen LogP contribution < -0.4 is 5.32 Å². The fourth-order valence-corrected chi connectivity index (χ4v) is 2.01. The van der Waals surface area contributed by atoms with Gasteiger partial charge < -0.3 is 15.7 Å². The van der Waals surface area contributed by atoms with Crippen LogP contribution >= 0.6 is 0 Å². The molecular formula is C19H26FN2OY-. The van der Waals surface area contributed by atoms with Gasteiger partial charge in [0.25, 0.3) is 0 Å². The van der Waals surface area contributed by atoms with Gasteiger partial charge in [-0.05, 0) is 37.1 Å². The van der Waals surface area contributed by atoms with Gasteiger partial charge in [-0.1, -0.05) is 49.1 Å². The molecule has 2 N–H and O–H groups in total. The number of aliphatic hydroxyl groups is 1. The molecule has 0 bridgehead atoms. The van der Waals surface area contributed by atoms with E-state index >= 15 is 0 Å². The Morgan fingerprint density at radius 1 is 1.21 bits per heavy atom. The van der Waals surface area contributed by atoms with Gasteiger partial charge in [0.2, 0.25) is 0 Å². The Labute approximate surface area is 170 Å². The van der Waals surface area contributed by atoms with Crippen molar-refractivity contribution in [2.75, 3.05) is 26.2 Å². The molecule has 1 unspecified atom stereocenters. The zero-order chi connectivity index (χ0) is 16.9. The Balaban J connectivity index is 0.000000336. The van der Waals surface area contributed by atoms with Gasteiger partial charge in [-0.15, -0.1) is 13.1 Å². The molecule has 1 aromatic carbocycles. The summed E-state index contributed by atoms with van der Waals surface area (Å²) in [5, 5.41) is 15.6. The molecule has 1 aromatic rings. The molecule has 2 aliphatic rings. The molecule has 0 saturated carbocycles. The van der Waals surface area contributed by atoms with E-state index < -0.39 is 0 Å². The van der Waals surface area contributed by atoms with Gasteiger partial charge in [-0.25, -0.2) is 4.39 Å². The largest absolute Gasteiger partial charge is 0.658 e. The normalized spacial score (nSPS) is 18.5. The third-order valence-electron chi connectivity index (χ3n) is 3.61. The topological polar surface area (TPSA) is 46.4 Å². The molecule has 1 saturated heterocycles. The quantitative estimate of drug-likeness (QED) is 0.806. The van der Waals surface area contributed by atoms with E-state index in [9.17, 15) is 4.39 Å². The monoisotopic (exact) mass is 406 g/mol. The molecule has 2 heterocycles. The standard InChI is InChI=1S/C9H12N.C6H5F.C4H9NO.Y/c1-3-8-5-6-10-7-9(8)4-2;7-6-4-2-1-3-5-6;6-3-4-1-2-5-4;/h3-4H,1-2,5-7H2;1-5H;4-6H,1-3H2;/q-1;;;. The smallest absolute Gasteiger partial charge is 0.123 e. The van der Waals surface area contributed by atoms with Crippen LogP contribution in [0, 0.1) is 5.82 Å². The summed E-state index contributed by atoms with van der Waals surface area (Å²) < 4.78 is 11.9. The molecule has 0 aliphatic carbocycles. The van der Waals surface area contributed by atoms with Crippen molar-refractivity contribution < 1.29 is 42.2 Å². The summed E-state index contributed by atoms with van der Waals surface area (Å²) in [7, 11) is 0. The molecular weight excluding hydrogens is 380 g/mol. The fraction of sp³-hybridized carbons (Fsp3) is 0.368. The second-order valence-corrected chi connectivity index (χ2v) is 5.23. The third kappa shape index (κ3) is 9.60. The first-order valence-corrected chi connectivity index (χ1v) is 7.86. The van der Waals surface area contributed by atoms with Crippen LogP contribution in [0.5, 0.6) is 0 Å². The fourth-order valence-electron chi connectivity index (χ4n) is 2.01. The molecule has 2 aliphatic heterocycles. The minimum absolute atomic E-state index is 0. The molecule has 24 heavy (non-hydrogen) atoms. The predicted molar refractivity (Wildman–Crippen MR) is 95.0 cm³/mol. The maximum atomic E-state index is 11.9. The Morgan fingerprint density at radius 3 is 2.12 bits per heavy atom. The molecule has 3 rings (SSSR count). The Kier molecular flexibility index (Phi) is 14.3. The van der Waals surface area contributed by atoms with Crippen LogP contribution in [0.15, 0.2) is 66.8 Å². The van der Waals surface area contributed by atoms with Gasteiger partial charge in [-0.3, -0.25) is 0 Å². The zero-order valence-corrected chi connectivity index (χ0v) is 17.0. The summed E-state index contributed by atoms with van der Waals surface area (Å²) >= 11 is 0. The predicted octanol–water partition coefficient (Wildman–Crippen LogP) is 3.60. The second kappa shape index (κ2) is 14.7. The van der Waals surface area contributed by atoms with Crippen LogP contribution in [0.2, 0.25) is 0 Å². The number of hydrogen-bond acceptors (Lipinski definition) is 2. The Bertz CT molecular complexity index is 479. The van der Waals surface area contributed by atoms with Gasteiger partial charge in [0.05, 0.1) is 6.61 Å². The first-order valence-electron chi connectivity index (χ1n) is 7.86. The number of benzene rings is 1. The summed E-state index contributed by atoms with van der Waals surface area (Å²) in [5.74, 6) is -0.178. The minimum atomic E-state index is -0.178. The Morgan fingerprint density at radius 2 is 1.83 bits per heavy atom. The molecule has 0 spiro atoms.